The first-order valence-corrected chi connectivity index (χ1v) is 9.35. The number of anilines is 1. The largest absolute Gasteiger partial charge is 0.465 e. The van der Waals surface area contributed by atoms with Crippen LogP contribution < -0.4 is 10.2 Å². The molecule has 2 aromatic rings. The Morgan fingerprint density at radius 1 is 1.29 bits per heavy atom. The molecule has 0 saturated heterocycles. The lowest BCUT2D eigenvalue weighted by molar-refractivity contribution is -0.884. The highest BCUT2D eigenvalue weighted by Gasteiger charge is 2.22. The molecule has 2 rings (SSSR count). The summed E-state index contributed by atoms with van der Waals surface area (Å²) in [6.07, 6.45) is 0. The summed E-state index contributed by atoms with van der Waals surface area (Å²) in [7, 11) is 3.34. The average Bonchev–Trinajstić information content (AvgIpc) is 3.02. The van der Waals surface area contributed by atoms with Gasteiger partial charge in [0, 0.05) is 4.88 Å². The third-order valence-electron chi connectivity index (χ3n) is 3.92. The van der Waals surface area contributed by atoms with Gasteiger partial charge in [-0.1, -0.05) is 0 Å². The molecule has 0 aliphatic carbocycles. The minimum atomic E-state index is -0.415. The van der Waals surface area contributed by atoms with Gasteiger partial charge in [0.1, 0.15) is 11.5 Å². The minimum Gasteiger partial charge on any atom is -0.465 e. The molecule has 130 valence electrons. The minimum absolute atomic E-state index is 0.104. The van der Waals surface area contributed by atoms with Gasteiger partial charge in [-0.2, -0.15) is 0 Å². The van der Waals surface area contributed by atoms with Crippen LogP contribution in [0.5, 0.6) is 0 Å². The zero-order valence-electron chi connectivity index (χ0n) is 14.6. The molecule has 1 unspecified atom stereocenters. The van der Waals surface area contributed by atoms with Crippen LogP contribution in [-0.4, -0.2) is 32.6 Å². The van der Waals surface area contributed by atoms with Crippen LogP contribution in [0.3, 0.4) is 0 Å². The number of nitrogens with one attached hydrogen (secondary N) is 2. The van der Waals surface area contributed by atoms with Crippen LogP contribution in [0, 0.1) is 20.8 Å². The molecule has 2 aromatic heterocycles. The van der Waals surface area contributed by atoms with Gasteiger partial charge in [0.2, 0.25) is 0 Å². The fourth-order valence-electron chi connectivity index (χ4n) is 2.43. The molecule has 2 heterocycles. The van der Waals surface area contributed by atoms with Gasteiger partial charge in [-0.25, -0.2) is 4.79 Å². The maximum atomic E-state index is 12.3. The van der Waals surface area contributed by atoms with Crippen molar-refractivity contribution >= 4 is 39.6 Å². The van der Waals surface area contributed by atoms with Gasteiger partial charge in [0.05, 0.1) is 24.6 Å². The Hall–Kier alpha value is -1.70. The molecule has 0 radical (unpaired) electrons. The molecule has 1 amide bonds. The number of amides is 1. The number of rotatable bonds is 6. The third-order valence-corrected chi connectivity index (χ3v) is 6.07. The molecule has 24 heavy (non-hydrogen) atoms. The van der Waals surface area contributed by atoms with Crippen molar-refractivity contribution in [2.45, 2.75) is 27.3 Å². The van der Waals surface area contributed by atoms with Crippen molar-refractivity contribution < 1.29 is 19.2 Å². The number of carbonyl (C=O) groups is 2. The molecule has 1 atom stereocenters. The summed E-state index contributed by atoms with van der Waals surface area (Å²) in [4.78, 5) is 27.7. The Morgan fingerprint density at radius 3 is 2.58 bits per heavy atom. The zero-order chi connectivity index (χ0) is 17.9. The van der Waals surface area contributed by atoms with E-state index in [0.29, 0.717) is 17.1 Å². The van der Waals surface area contributed by atoms with E-state index in [2.05, 4.69) is 23.7 Å². The van der Waals surface area contributed by atoms with Crippen molar-refractivity contribution in [3.05, 3.63) is 37.9 Å². The summed E-state index contributed by atoms with van der Waals surface area (Å²) in [5, 5.41) is 5.51. The van der Waals surface area contributed by atoms with Gasteiger partial charge in [-0.05, 0) is 43.3 Å². The van der Waals surface area contributed by atoms with Crippen molar-refractivity contribution in [1.29, 1.82) is 0 Å². The molecule has 7 heteroatoms. The summed E-state index contributed by atoms with van der Waals surface area (Å²) in [5.74, 6) is -0.518. The molecule has 0 aliphatic rings. The Labute approximate surface area is 150 Å². The third kappa shape index (κ3) is 4.23. The summed E-state index contributed by atoms with van der Waals surface area (Å²) in [5.41, 5.74) is 2.58. The van der Waals surface area contributed by atoms with Crippen LogP contribution in [-0.2, 0) is 16.1 Å². The second-order valence-corrected chi connectivity index (χ2v) is 8.09. The number of hydrogen-bond donors (Lipinski definition) is 2. The summed E-state index contributed by atoms with van der Waals surface area (Å²) >= 11 is 3.12. The van der Waals surface area contributed by atoms with Crippen LogP contribution in [0.25, 0.3) is 0 Å². The highest BCUT2D eigenvalue weighted by atomic mass is 32.1. The van der Waals surface area contributed by atoms with Crippen LogP contribution in [0.4, 0.5) is 5.00 Å². The molecule has 5 nitrogen and oxygen atoms in total. The summed E-state index contributed by atoms with van der Waals surface area (Å²) in [6.45, 7) is 7.03. The van der Waals surface area contributed by atoms with E-state index in [1.807, 2.05) is 20.9 Å². The molecule has 0 aromatic carbocycles. The maximum Gasteiger partial charge on any atom is 0.341 e. The Balaban J connectivity index is 2.03. The van der Waals surface area contributed by atoms with Crippen LogP contribution >= 0.6 is 22.7 Å². The quantitative estimate of drug-likeness (QED) is 0.770. The number of esters is 1. The van der Waals surface area contributed by atoms with E-state index in [1.54, 1.807) is 11.3 Å². The van der Waals surface area contributed by atoms with Crippen molar-refractivity contribution in [3.63, 3.8) is 0 Å². The van der Waals surface area contributed by atoms with Crippen molar-refractivity contribution in [3.8, 4) is 0 Å². The fourth-order valence-corrected chi connectivity index (χ4v) is 4.51. The molecular weight excluding hydrogens is 344 g/mol. The summed E-state index contributed by atoms with van der Waals surface area (Å²) in [6, 6.07) is 2.09. The number of quaternary nitrogens is 1. The number of hydrogen-bond acceptors (Lipinski definition) is 5. The number of methoxy groups -OCH3 is 1. The highest BCUT2D eigenvalue weighted by Crippen LogP contribution is 2.32. The van der Waals surface area contributed by atoms with E-state index in [9.17, 15) is 9.59 Å². The first-order valence-electron chi connectivity index (χ1n) is 7.65. The van der Waals surface area contributed by atoms with Crippen molar-refractivity contribution in [1.82, 2.24) is 0 Å². The second kappa shape index (κ2) is 7.92. The smallest absolute Gasteiger partial charge is 0.341 e. The van der Waals surface area contributed by atoms with Gasteiger partial charge < -0.3 is 15.0 Å². The van der Waals surface area contributed by atoms with E-state index in [0.717, 1.165) is 21.9 Å². The molecule has 0 spiro atoms. The first-order chi connectivity index (χ1) is 11.3. The first kappa shape index (κ1) is 18.6. The average molecular weight is 368 g/mol. The number of ether oxygens (including phenoxy) is 1. The Morgan fingerprint density at radius 2 is 2.00 bits per heavy atom. The van der Waals surface area contributed by atoms with E-state index in [-0.39, 0.29) is 5.91 Å². The van der Waals surface area contributed by atoms with Gasteiger partial charge in [0.25, 0.3) is 5.91 Å². The van der Waals surface area contributed by atoms with Gasteiger partial charge >= 0.3 is 5.97 Å². The molecule has 0 aliphatic heterocycles. The summed E-state index contributed by atoms with van der Waals surface area (Å²) < 4.78 is 4.83. The number of likely N-dealkylation sites (N-methyl/N-ethyl adjacent to an activating group) is 1. The molecule has 2 N–H and O–H groups in total. The maximum absolute atomic E-state index is 12.3. The molecular formula is C17H23N2O3S2+. The number of aryl methyl sites for hydroxylation is 2. The lowest BCUT2D eigenvalue weighted by Gasteiger charge is -2.13. The van der Waals surface area contributed by atoms with E-state index in [4.69, 9.17) is 4.74 Å². The lowest BCUT2D eigenvalue weighted by atomic mass is 10.1. The molecule has 0 bridgehead atoms. The Kier molecular flexibility index (Phi) is 6.15. The topological polar surface area (TPSA) is 59.8 Å². The predicted octanol–water partition coefficient (Wildman–Crippen LogP) is 2.17. The predicted molar refractivity (Wildman–Crippen MR) is 98.3 cm³/mol. The Bertz CT molecular complexity index is 749. The lowest BCUT2D eigenvalue weighted by Crippen LogP contribution is -3.08. The van der Waals surface area contributed by atoms with Gasteiger partial charge in [-0.3, -0.25) is 4.79 Å². The highest BCUT2D eigenvalue weighted by molar-refractivity contribution is 7.16. The standard InChI is InChI=1S/C17H22N2O3S2/c1-10-6-7-23-13(10)8-19(4)9-14(20)18-16-15(17(21)22-5)11(2)12(3)24-16/h6-7H,8-9H2,1-5H3,(H,18,20)/p+1. The van der Waals surface area contributed by atoms with E-state index in [1.165, 1.54) is 28.9 Å². The van der Waals surface area contributed by atoms with Gasteiger partial charge in [-0.15, -0.1) is 22.7 Å². The molecule has 0 saturated carbocycles. The van der Waals surface area contributed by atoms with E-state index < -0.39 is 5.97 Å². The second-order valence-electron chi connectivity index (χ2n) is 5.86. The van der Waals surface area contributed by atoms with Gasteiger partial charge in [0.15, 0.2) is 6.54 Å². The number of thiophene rings is 2. The molecule has 0 fully saturated rings. The SMILES string of the molecule is COC(=O)c1c(NC(=O)C[NH+](C)Cc2sccc2C)sc(C)c1C. The van der Waals surface area contributed by atoms with Crippen molar-refractivity contribution in [2.75, 3.05) is 26.0 Å². The number of carbonyl (C=O) groups excluding carboxylic acids is 2. The van der Waals surface area contributed by atoms with Crippen molar-refractivity contribution in [2.24, 2.45) is 0 Å². The van der Waals surface area contributed by atoms with Crippen LogP contribution in [0.1, 0.15) is 31.2 Å². The zero-order valence-corrected chi connectivity index (χ0v) is 16.2. The normalized spacial score (nSPS) is 12.0. The fraction of sp³-hybridized carbons (Fsp3) is 0.412. The monoisotopic (exact) mass is 367 g/mol. The van der Waals surface area contributed by atoms with Crippen LogP contribution in [0.2, 0.25) is 0 Å². The van der Waals surface area contributed by atoms with Crippen LogP contribution in [0.15, 0.2) is 11.4 Å². The van der Waals surface area contributed by atoms with E-state index >= 15 is 0 Å².